The second-order valence-corrected chi connectivity index (χ2v) is 9.30. The standard InChI is InChI=1S/C24H22Cl2N4O2/c1-3-13(2)22-24(17-8-7-16(26)10-19(17)27-23(24)32)18(14-5-4-6-15(25)9-14)11-20-28-29-21(31)12-30(20)22/h4-10,18,22H,2-3,11-12H2,1H3,(H,27,32)(H,29,31)/t18-,22-,24-/m0/s1. The van der Waals surface area contributed by atoms with Crippen LogP contribution in [0.2, 0.25) is 10.0 Å². The molecule has 1 spiro atoms. The number of hydrogen-bond donors (Lipinski definition) is 2. The summed E-state index contributed by atoms with van der Waals surface area (Å²) in [5.41, 5.74) is 4.90. The van der Waals surface area contributed by atoms with Gasteiger partial charge >= 0.3 is 0 Å². The fraction of sp³-hybridized carbons (Fsp3) is 0.292. The number of hydrogen-bond acceptors (Lipinski definition) is 4. The third kappa shape index (κ3) is 2.97. The molecule has 8 heteroatoms. The summed E-state index contributed by atoms with van der Waals surface area (Å²) in [5.74, 6) is 0.107. The Bertz CT molecular complexity index is 1190. The number of piperidine rings is 1. The van der Waals surface area contributed by atoms with Gasteiger partial charge in [0.15, 0.2) is 0 Å². The van der Waals surface area contributed by atoms with Crippen molar-refractivity contribution in [3.63, 3.8) is 0 Å². The van der Waals surface area contributed by atoms with Crippen LogP contribution in [0.1, 0.15) is 36.8 Å². The van der Waals surface area contributed by atoms with Crippen molar-refractivity contribution in [3.8, 4) is 0 Å². The number of anilines is 1. The number of fused-ring (bicyclic) bond motifs is 3. The molecule has 0 saturated carbocycles. The quantitative estimate of drug-likeness (QED) is 0.653. The molecule has 2 aromatic rings. The van der Waals surface area contributed by atoms with E-state index in [4.69, 9.17) is 23.2 Å². The van der Waals surface area contributed by atoms with Gasteiger partial charge in [0.25, 0.3) is 5.91 Å². The van der Waals surface area contributed by atoms with Crippen LogP contribution in [0.25, 0.3) is 0 Å². The normalized spacial score (nSPS) is 26.2. The molecule has 0 bridgehead atoms. The first kappa shape index (κ1) is 21.0. The van der Waals surface area contributed by atoms with Crippen molar-refractivity contribution in [2.24, 2.45) is 5.10 Å². The topological polar surface area (TPSA) is 73.8 Å². The van der Waals surface area contributed by atoms with Crippen LogP contribution in [0.5, 0.6) is 0 Å². The van der Waals surface area contributed by atoms with Gasteiger partial charge in [-0.3, -0.25) is 9.59 Å². The Morgan fingerprint density at radius 3 is 2.75 bits per heavy atom. The highest BCUT2D eigenvalue weighted by Gasteiger charge is 2.63. The molecule has 3 atom stereocenters. The van der Waals surface area contributed by atoms with Gasteiger partial charge < -0.3 is 10.2 Å². The monoisotopic (exact) mass is 468 g/mol. The molecule has 5 rings (SSSR count). The number of carbonyl (C=O) groups is 2. The second kappa shape index (κ2) is 7.64. The van der Waals surface area contributed by atoms with Crippen LogP contribution in [0.4, 0.5) is 5.69 Å². The smallest absolute Gasteiger partial charge is 0.259 e. The van der Waals surface area contributed by atoms with E-state index in [1.807, 2.05) is 42.2 Å². The SMILES string of the molecule is C=C(CC)[C@@H]1N2CC(=O)NN=C2C[C@@H](c2cccc(Cl)c2)[C@]12C(=O)Nc1cc(Cl)ccc12. The van der Waals surface area contributed by atoms with Gasteiger partial charge in [-0.05, 0) is 41.8 Å². The molecule has 2 amide bonds. The van der Waals surface area contributed by atoms with Crippen molar-refractivity contribution in [3.05, 3.63) is 75.8 Å². The third-order valence-electron chi connectivity index (χ3n) is 6.78. The first-order chi connectivity index (χ1) is 15.4. The molecule has 0 aliphatic carbocycles. The van der Waals surface area contributed by atoms with Crippen LogP contribution in [0.3, 0.4) is 0 Å². The number of halogens is 2. The zero-order chi connectivity index (χ0) is 22.6. The summed E-state index contributed by atoms with van der Waals surface area (Å²) < 4.78 is 0. The average Bonchev–Trinajstić information content (AvgIpc) is 3.04. The van der Waals surface area contributed by atoms with Crippen LogP contribution >= 0.6 is 23.2 Å². The van der Waals surface area contributed by atoms with Crippen molar-refractivity contribution in [2.45, 2.75) is 37.1 Å². The number of benzene rings is 2. The van der Waals surface area contributed by atoms with E-state index in [9.17, 15) is 9.59 Å². The number of amidine groups is 1. The lowest BCUT2D eigenvalue weighted by Crippen LogP contribution is -2.66. The van der Waals surface area contributed by atoms with E-state index in [2.05, 4.69) is 22.4 Å². The molecular weight excluding hydrogens is 447 g/mol. The minimum Gasteiger partial charge on any atom is -0.341 e. The number of carbonyl (C=O) groups excluding carboxylic acids is 2. The molecule has 3 aliphatic heterocycles. The van der Waals surface area contributed by atoms with E-state index in [1.165, 1.54) is 0 Å². The molecule has 164 valence electrons. The molecular formula is C24H22Cl2N4O2. The summed E-state index contributed by atoms with van der Waals surface area (Å²) in [6.45, 7) is 6.47. The Morgan fingerprint density at radius 2 is 2.00 bits per heavy atom. The minimum atomic E-state index is -1.02. The zero-order valence-electron chi connectivity index (χ0n) is 17.5. The third-order valence-corrected chi connectivity index (χ3v) is 7.25. The van der Waals surface area contributed by atoms with E-state index in [0.717, 1.165) is 22.5 Å². The predicted octanol–water partition coefficient (Wildman–Crippen LogP) is 4.45. The van der Waals surface area contributed by atoms with Crippen LogP contribution in [-0.2, 0) is 15.0 Å². The number of hydrazone groups is 1. The van der Waals surface area contributed by atoms with E-state index in [1.54, 1.807) is 12.1 Å². The van der Waals surface area contributed by atoms with Gasteiger partial charge in [-0.25, -0.2) is 5.43 Å². The number of amides is 2. The zero-order valence-corrected chi connectivity index (χ0v) is 19.0. The molecule has 32 heavy (non-hydrogen) atoms. The lowest BCUT2D eigenvalue weighted by molar-refractivity contribution is -0.127. The van der Waals surface area contributed by atoms with Gasteiger partial charge in [-0.2, -0.15) is 5.10 Å². The van der Waals surface area contributed by atoms with Crippen LogP contribution < -0.4 is 10.7 Å². The van der Waals surface area contributed by atoms with Crippen LogP contribution in [-0.4, -0.2) is 35.1 Å². The van der Waals surface area contributed by atoms with Crippen molar-refractivity contribution < 1.29 is 9.59 Å². The van der Waals surface area contributed by atoms with Gasteiger partial charge in [0.1, 0.15) is 17.8 Å². The first-order valence-electron chi connectivity index (χ1n) is 10.5. The van der Waals surface area contributed by atoms with E-state index in [-0.39, 0.29) is 24.3 Å². The average molecular weight is 469 g/mol. The maximum absolute atomic E-state index is 14.0. The molecule has 1 saturated heterocycles. The summed E-state index contributed by atoms with van der Waals surface area (Å²) >= 11 is 12.6. The highest BCUT2D eigenvalue weighted by Crippen LogP contribution is 2.57. The van der Waals surface area contributed by atoms with Gasteiger partial charge in [0.2, 0.25) is 5.91 Å². The first-order valence-corrected chi connectivity index (χ1v) is 11.3. The fourth-order valence-electron chi connectivity index (χ4n) is 5.44. The van der Waals surface area contributed by atoms with Gasteiger partial charge in [-0.15, -0.1) is 0 Å². The molecule has 2 N–H and O–H groups in total. The minimum absolute atomic E-state index is 0.114. The van der Waals surface area contributed by atoms with Crippen molar-refractivity contribution in [2.75, 3.05) is 11.9 Å². The Morgan fingerprint density at radius 1 is 1.22 bits per heavy atom. The number of nitrogens with zero attached hydrogens (tertiary/aromatic N) is 2. The summed E-state index contributed by atoms with van der Waals surface area (Å²) in [6.07, 6.45) is 1.11. The summed E-state index contributed by atoms with van der Waals surface area (Å²) in [4.78, 5) is 28.2. The molecule has 2 aromatic carbocycles. The lowest BCUT2D eigenvalue weighted by atomic mass is 9.58. The van der Waals surface area contributed by atoms with Gasteiger partial charge in [-0.1, -0.05) is 60.5 Å². The molecule has 3 aliphatic rings. The fourth-order valence-corrected chi connectivity index (χ4v) is 5.81. The summed E-state index contributed by atoms with van der Waals surface area (Å²) in [6, 6.07) is 12.6. The Kier molecular flexibility index (Phi) is 5.02. The predicted molar refractivity (Wildman–Crippen MR) is 126 cm³/mol. The molecule has 0 radical (unpaired) electrons. The van der Waals surface area contributed by atoms with Gasteiger partial charge in [0, 0.05) is 28.1 Å². The lowest BCUT2D eigenvalue weighted by Gasteiger charge is -2.53. The highest BCUT2D eigenvalue weighted by molar-refractivity contribution is 6.31. The Hall–Kier alpha value is -2.83. The van der Waals surface area contributed by atoms with E-state index < -0.39 is 11.5 Å². The number of rotatable bonds is 3. The molecule has 0 unspecified atom stereocenters. The molecule has 3 heterocycles. The van der Waals surface area contributed by atoms with Crippen molar-refractivity contribution in [1.29, 1.82) is 0 Å². The molecule has 1 fully saturated rings. The van der Waals surface area contributed by atoms with Gasteiger partial charge in [0.05, 0.1) is 6.04 Å². The Balaban J connectivity index is 1.83. The second-order valence-electron chi connectivity index (χ2n) is 8.43. The highest BCUT2D eigenvalue weighted by atomic mass is 35.5. The molecule has 6 nitrogen and oxygen atoms in total. The molecule has 0 aromatic heterocycles. The van der Waals surface area contributed by atoms with Crippen LogP contribution in [0, 0.1) is 0 Å². The largest absolute Gasteiger partial charge is 0.341 e. The van der Waals surface area contributed by atoms with Crippen LogP contribution in [0.15, 0.2) is 59.7 Å². The maximum Gasteiger partial charge on any atom is 0.259 e. The summed E-state index contributed by atoms with van der Waals surface area (Å²) in [5, 5.41) is 8.57. The summed E-state index contributed by atoms with van der Waals surface area (Å²) in [7, 11) is 0. The van der Waals surface area contributed by atoms with E-state index >= 15 is 0 Å². The van der Waals surface area contributed by atoms with Crippen molar-refractivity contribution in [1.82, 2.24) is 10.3 Å². The van der Waals surface area contributed by atoms with E-state index in [0.29, 0.717) is 28.6 Å². The van der Waals surface area contributed by atoms with Crippen molar-refractivity contribution >= 4 is 46.5 Å². The Labute approximate surface area is 196 Å². The number of nitrogens with one attached hydrogen (secondary N) is 2. The maximum atomic E-state index is 14.0.